The molecule has 0 bridgehead atoms. The minimum absolute atomic E-state index is 0.105. The summed E-state index contributed by atoms with van der Waals surface area (Å²) in [4.78, 5) is 24.7. The first-order valence-corrected chi connectivity index (χ1v) is 7.33. The number of aromatic nitrogens is 1. The molecule has 9 heteroatoms. The second kappa shape index (κ2) is 4.91. The fraction of sp³-hybridized carbons (Fsp3) is 0.455. The van der Waals surface area contributed by atoms with Crippen molar-refractivity contribution in [2.75, 3.05) is 6.61 Å². The fourth-order valence-electron chi connectivity index (χ4n) is 2.20. The molecule has 8 nitrogen and oxygen atoms in total. The van der Waals surface area contributed by atoms with Crippen LogP contribution in [-0.2, 0) is 19.6 Å². The highest BCUT2D eigenvalue weighted by Gasteiger charge is 2.34. The summed E-state index contributed by atoms with van der Waals surface area (Å²) >= 11 is 0. The number of rotatable bonds is 4. The Morgan fingerprint density at radius 3 is 2.55 bits per heavy atom. The lowest BCUT2D eigenvalue weighted by Crippen LogP contribution is -2.38. The average Bonchev–Trinajstić information content (AvgIpc) is 2.83. The molecule has 0 aliphatic carbocycles. The van der Waals surface area contributed by atoms with Crippen molar-refractivity contribution in [2.24, 2.45) is 0 Å². The average molecular weight is 302 g/mol. The predicted octanol–water partition coefficient (Wildman–Crippen LogP) is -0.0765. The molecule has 2 rings (SSSR count). The van der Waals surface area contributed by atoms with Crippen LogP contribution in [0, 0.1) is 13.8 Å². The minimum atomic E-state index is -4.00. The molecule has 110 valence electrons. The molecule has 0 aromatic carbocycles. The Morgan fingerprint density at radius 1 is 1.45 bits per heavy atom. The van der Waals surface area contributed by atoms with Crippen molar-refractivity contribution in [3.05, 3.63) is 17.0 Å². The Bertz CT molecular complexity index is 675. The summed E-state index contributed by atoms with van der Waals surface area (Å²) in [6.07, 6.45) is 0.256. The number of aromatic amines is 1. The number of aromatic carboxylic acids is 1. The van der Waals surface area contributed by atoms with Gasteiger partial charge in [-0.05, 0) is 13.8 Å². The van der Waals surface area contributed by atoms with Gasteiger partial charge in [-0.25, -0.2) is 13.2 Å². The Balaban J connectivity index is 2.39. The maximum absolute atomic E-state index is 12.3. The number of carboxylic acids is 1. The van der Waals surface area contributed by atoms with Gasteiger partial charge in [0.25, 0.3) is 0 Å². The van der Waals surface area contributed by atoms with E-state index in [1.54, 1.807) is 0 Å². The van der Waals surface area contributed by atoms with Crippen molar-refractivity contribution >= 4 is 22.0 Å². The molecular formula is C11H14N2O6S. The van der Waals surface area contributed by atoms with Gasteiger partial charge in [0, 0.05) is 17.7 Å². The van der Waals surface area contributed by atoms with Gasteiger partial charge in [-0.3, -0.25) is 4.79 Å². The summed E-state index contributed by atoms with van der Waals surface area (Å²) in [5.74, 6) is -1.87. The molecule has 1 aliphatic heterocycles. The molecule has 0 spiro atoms. The smallest absolute Gasteiger partial charge is 0.352 e. The lowest BCUT2D eigenvalue weighted by Gasteiger charge is -2.10. The molecular weight excluding hydrogens is 288 g/mol. The summed E-state index contributed by atoms with van der Waals surface area (Å²) < 4.78 is 31.5. The van der Waals surface area contributed by atoms with E-state index in [2.05, 4.69) is 14.4 Å². The zero-order valence-electron chi connectivity index (χ0n) is 10.9. The zero-order valence-corrected chi connectivity index (χ0v) is 11.7. The van der Waals surface area contributed by atoms with E-state index in [0.717, 1.165) is 0 Å². The molecule has 1 fully saturated rings. The largest absolute Gasteiger partial charge is 0.477 e. The second-order valence-corrected chi connectivity index (χ2v) is 6.17. The van der Waals surface area contributed by atoms with E-state index in [1.165, 1.54) is 13.8 Å². The summed E-state index contributed by atoms with van der Waals surface area (Å²) in [6.45, 7) is 3.02. The number of carboxylic acid groups (broad SMARTS) is 1. The number of ether oxygens (including phenoxy) is 1. The van der Waals surface area contributed by atoms with Crippen molar-refractivity contribution in [2.45, 2.75) is 31.2 Å². The predicted molar refractivity (Wildman–Crippen MR) is 66.9 cm³/mol. The first kappa shape index (κ1) is 14.5. The molecule has 3 N–H and O–H groups in total. The Hall–Kier alpha value is -1.87. The van der Waals surface area contributed by atoms with Gasteiger partial charge in [0.2, 0.25) is 10.0 Å². The maximum Gasteiger partial charge on any atom is 0.352 e. The number of sulfonamides is 1. The van der Waals surface area contributed by atoms with Crippen molar-refractivity contribution < 1.29 is 27.9 Å². The molecule has 1 saturated heterocycles. The highest BCUT2D eigenvalue weighted by Crippen LogP contribution is 2.24. The molecule has 1 aliphatic rings. The molecule has 1 aromatic heterocycles. The first-order valence-electron chi connectivity index (χ1n) is 5.85. The van der Waals surface area contributed by atoms with Crippen LogP contribution in [0.1, 0.15) is 28.2 Å². The number of H-pyrrole nitrogens is 1. The van der Waals surface area contributed by atoms with Crippen molar-refractivity contribution in [3.63, 3.8) is 0 Å². The number of esters is 1. The van der Waals surface area contributed by atoms with Crippen molar-refractivity contribution in [1.29, 1.82) is 0 Å². The van der Waals surface area contributed by atoms with E-state index in [1.807, 2.05) is 0 Å². The van der Waals surface area contributed by atoms with E-state index in [-0.39, 0.29) is 34.9 Å². The van der Waals surface area contributed by atoms with Crippen LogP contribution in [0.4, 0.5) is 0 Å². The second-order valence-electron chi connectivity index (χ2n) is 4.51. The van der Waals surface area contributed by atoms with Crippen LogP contribution in [0.25, 0.3) is 0 Å². The summed E-state index contributed by atoms with van der Waals surface area (Å²) in [7, 11) is -4.00. The van der Waals surface area contributed by atoms with Gasteiger partial charge >= 0.3 is 11.9 Å². The zero-order chi connectivity index (χ0) is 15.1. The van der Waals surface area contributed by atoms with Gasteiger partial charge in [-0.2, -0.15) is 4.72 Å². The molecule has 1 unspecified atom stereocenters. The lowest BCUT2D eigenvalue weighted by atomic mass is 10.2. The van der Waals surface area contributed by atoms with E-state index in [9.17, 15) is 18.0 Å². The topological polar surface area (TPSA) is 126 Å². The molecule has 20 heavy (non-hydrogen) atoms. The van der Waals surface area contributed by atoms with Crippen LogP contribution in [0.15, 0.2) is 4.90 Å². The van der Waals surface area contributed by atoms with Gasteiger partial charge in [-0.1, -0.05) is 0 Å². The van der Waals surface area contributed by atoms with Crippen LogP contribution in [-0.4, -0.2) is 43.1 Å². The Labute approximate surface area is 115 Å². The highest BCUT2D eigenvalue weighted by molar-refractivity contribution is 7.89. The van der Waals surface area contributed by atoms with Crippen LogP contribution < -0.4 is 4.72 Å². The van der Waals surface area contributed by atoms with Crippen LogP contribution >= 0.6 is 0 Å². The van der Waals surface area contributed by atoms with Gasteiger partial charge in [-0.15, -0.1) is 0 Å². The highest BCUT2D eigenvalue weighted by atomic mass is 32.2. The standard InChI is InChI=1S/C11H14N2O6S/c1-5-8(10(14)15)12-6(2)9(5)20(17,18)13-7-3-4-19-11(7)16/h7,12-13H,3-4H2,1-2H3,(H,14,15). The number of hydrogen-bond donors (Lipinski definition) is 3. The number of hydrogen-bond acceptors (Lipinski definition) is 5. The number of carbonyl (C=O) groups excluding carboxylic acids is 1. The fourth-order valence-corrected chi connectivity index (χ4v) is 3.86. The van der Waals surface area contributed by atoms with Gasteiger partial charge < -0.3 is 14.8 Å². The molecule has 2 heterocycles. The molecule has 0 saturated carbocycles. The quantitative estimate of drug-likeness (QED) is 0.668. The molecule has 0 amide bonds. The summed E-state index contributed by atoms with van der Waals surface area (Å²) in [5, 5.41) is 8.97. The Kier molecular flexibility index (Phi) is 3.57. The van der Waals surface area contributed by atoms with Gasteiger partial charge in [0.05, 0.1) is 6.61 Å². The van der Waals surface area contributed by atoms with Crippen LogP contribution in [0.5, 0.6) is 0 Å². The number of aryl methyl sites for hydroxylation is 1. The molecule has 1 aromatic rings. The van der Waals surface area contributed by atoms with E-state index in [4.69, 9.17) is 5.11 Å². The third-order valence-corrected chi connectivity index (χ3v) is 4.83. The monoisotopic (exact) mass is 302 g/mol. The Morgan fingerprint density at radius 2 is 2.10 bits per heavy atom. The summed E-state index contributed by atoms with van der Waals surface area (Å²) in [6, 6.07) is -0.929. The number of nitrogens with one attached hydrogen (secondary N) is 2. The van der Waals surface area contributed by atoms with Crippen LogP contribution in [0.2, 0.25) is 0 Å². The van der Waals surface area contributed by atoms with Crippen LogP contribution in [0.3, 0.4) is 0 Å². The third kappa shape index (κ3) is 2.41. The summed E-state index contributed by atoms with van der Waals surface area (Å²) in [5.41, 5.74) is 0.129. The lowest BCUT2D eigenvalue weighted by molar-refractivity contribution is -0.139. The van der Waals surface area contributed by atoms with Gasteiger partial charge in [0.15, 0.2) is 0 Å². The maximum atomic E-state index is 12.3. The van der Waals surface area contributed by atoms with E-state index < -0.39 is 28.0 Å². The molecule has 1 atom stereocenters. The van der Waals surface area contributed by atoms with E-state index >= 15 is 0 Å². The van der Waals surface area contributed by atoms with Gasteiger partial charge in [0.1, 0.15) is 16.6 Å². The first-order chi connectivity index (χ1) is 9.24. The van der Waals surface area contributed by atoms with E-state index in [0.29, 0.717) is 0 Å². The van der Waals surface area contributed by atoms with Crippen molar-refractivity contribution in [3.8, 4) is 0 Å². The third-order valence-electron chi connectivity index (χ3n) is 3.08. The number of cyclic esters (lactones) is 1. The molecule has 0 radical (unpaired) electrons. The normalized spacial score (nSPS) is 19.1. The SMILES string of the molecule is Cc1[nH]c(C(=O)O)c(C)c1S(=O)(=O)NC1CCOC1=O. The van der Waals surface area contributed by atoms with Crippen molar-refractivity contribution in [1.82, 2.24) is 9.71 Å². The minimum Gasteiger partial charge on any atom is -0.477 e. The number of carbonyl (C=O) groups is 2.